The molecule has 2 atom stereocenters. The topological polar surface area (TPSA) is 39.5 Å². The van der Waals surface area contributed by atoms with E-state index in [1.54, 1.807) is 7.11 Å². The van der Waals surface area contributed by atoms with E-state index in [-0.39, 0.29) is 0 Å². The molecule has 0 bridgehead atoms. The van der Waals surface area contributed by atoms with Gasteiger partial charge in [0.2, 0.25) is 0 Å². The van der Waals surface area contributed by atoms with Gasteiger partial charge in [-0.3, -0.25) is 4.90 Å². The SMILES string of the molecule is COc1ccc(CN2C[C@H]3CN(C)C[C@H]3C2)cc1C#N. The number of likely N-dealkylation sites (tertiary alicyclic amines) is 2. The number of nitrogens with zero attached hydrogens (tertiary/aromatic N) is 3. The number of ether oxygens (including phenoxy) is 1. The molecule has 2 heterocycles. The van der Waals surface area contributed by atoms with E-state index in [4.69, 9.17) is 10.00 Å². The minimum Gasteiger partial charge on any atom is -0.495 e. The molecule has 2 aliphatic rings. The van der Waals surface area contributed by atoms with Crippen LogP contribution >= 0.6 is 0 Å². The Labute approximate surface area is 120 Å². The molecule has 0 saturated carbocycles. The van der Waals surface area contributed by atoms with Gasteiger partial charge < -0.3 is 9.64 Å². The zero-order valence-corrected chi connectivity index (χ0v) is 12.2. The zero-order valence-electron chi connectivity index (χ0n) is 12.2. The van der Waals surface area contributed by atoms with Crippen LogP contribution in [0.25, 0.3) is 0 Å². The van der Waals surface area contributed by atoms with Gasteiger partial charge in [0.25, 0.3) is 0 Å². The highest BCUT2D eigenvalue weighted by molar-refractivity contribution is 5.45. The summed E-state index contributed by atoms with van der Waals surface area (Å²) in [6.07, 6.45) is 0. The molecule has 106 valence electrons. The average molecular weight is 271 g/mol. The lowest BCUT2D eigenvalue weighted by atomic mass is 10.0. The fourth-order valence-corrected chi connectivity index (χ4v) is 3.65. The van der Waals surface area contributed by atoms with Crippen LogP contribution in [0.4, 0.5) is 0 Å². The first-order valence-electron chi connectivity index (χ1n) is 7.17. The number of fused-ring (bicyclic) bond motifs is 1. The Morgan fingerprint density at radius 2 is 1.95 bits per heavy atom. The van der Waals surface area contributed by atoms with Crippen LogP contribution in [0.3, 0.4) is 0 Å². The average Bonchev–Trinajstić information content (AvgIpc) is 2.95. The fraction of sp³-hybridized carbons (Fsp3) is 0.562. The first-order valence-corrected chi connectivity index (χ1v) is 7.17. The molecule has 0 aliphatic carbocycles. The van der Waals surface area contributed by atoms with E-state index in [0.717, 1.165) is 18.4 Å². The van der Waals surface area contributed by atoms with Crippen LogP contribution in [0.1, 0.15) is 11.1 Å². The van der Waals surface area contributed by atoms with Crippen molar-refractivity contribution in [3.63, 3.8) is 0 Å². The molecule has 20 heavy (non-hydrogen) atoms. The van der Waals surface area contributed by atoms with Gasteiger partial charge in [-0.25, -0.2) is 0 Å². The minimum atomic E-state index is 0.629. The Bertz CT molecular complexity index is 523. The molecule has 0 amide bonds. The molecular formula is C16H21N3O. The van der Waals surface area contributed by atoms with Crippen molar-refractivity contribution in [2.24, 2.45) is 11.8 Å². The van der Waals surface area contributed by atoms with Crippen LogP contribution in [0.5, 0.6) is 5.75 Å². The second-order valence-corrected chi connectivity index (χ2v) is 6.08. The van der Waals surface area contributed by atoms with Gasteiger partial charge in [-0.2, -0.15) is 5.26 Å². The molecule has 2 fully saturated rings. The number of hydrogen-bond acceptors (Lipinski definition) is 4. The van der Waals surface area contributed by atoms with Crippen LogP contribution in [0.2, 0.25) is 0 Å². The van der Waals surface area contributed by atoms with Gasteiger partial charge in [-0.05, 0) is 36.6 Å². The lowest BCUT2D eigenvalue weighted by Crippen LogP contribution is -2.26. The number of hydrogen-bond donors (Lipinski definition) is 0. The summed E-state index contributed by atoms with van der Waals surface area (Å²) in [5, 5.41) is 9.15. The third kappa shape index (κ3) is 2.52. The highest BCUT2D eigenvalue weighted by Gasteiger charge is 2.38. The first-order chi connectivity index (χ1) is 9.69. The van der Waals surface area contributed by atoms with E-state index in [0.29, 0.717) is 11.3 Å². The molecule has 0 N–H and O–H groups in total. The summed E-state index contributed by atoms with van der Waals surface area (Å²) in [5.41, 5.74) is 1.83. The van der Waals surface area contributed by atoms with Gasteiger partial charge in [-0.15, -0.1) is 0 Å². The van der Waals surface area contributed by atoms with Crippen molar-refractivity contribution in [3.05, 3.63) is 29.3 Å². The van der Waals surface area contributed by atoms with E-state index in [1.807, 2.05) is 12.1 Å². The fourth-order valence-electron chi connectivity index (χ4n) is 3.65. The Morgan fingerprint density at radius 3 is 2.55 bits per heavy atom. The Hall–Kier alpha value is -1.57. The standard InChI is InChI=1S/C16H21N3O/c1-18-8-14-10-19(11-15(14)9-18)7-12-3-4-16(20-2)13(5-12)6-17/h3-5,14-15H,7-11H2,1-2H3/t14-,15+. The molecule has 4 heteroatoms. The summed E-state index contributed by atoms with van der Waals surface area (Å²) >= 11 is 0. The van der Waals surface area contributed by atoms with Crippen LogP contribution in [-0.4, -0.2) is 50.1 Å². The van der Waals surface area contributed by atoms with E-state index in [2.05, 4.69) is 29.0 Å². The normalized spacial score (nSPS) is 26.4. The molecule has 2 aliphatic heterocycles. The summed E-state index contributed by atoms with van der Waals surface area (Å²) in [6, 6.07) is 8.14. The highest BCUT2D eigenvalue weighted by atomic mass is 16.5. The lowest BCUT2D eigenvalue weighted by molar-refractivity contribution is 0.272. The third-order valence-corrected chi connectivity index (χ3v) is 4.53. The summed E-state index contributed by atoms with van der Waals surface area (Å²) < 4.78 is 5.19. The van der Waals surface area contributed by atoms with E-state index in [9.17, 15) is 0 Å². The van der Waals surface area contributed by atoms with E-state index in [1.165, 1.54) is 31.7 Å². The monoisotopic (exact) mass is 271 g/mol. The lowest BCUT2D eigenvalue weighted by Gasteiger charge is -2.19. The van der Waals surface area contributed by atoms with Crippen LogP contribution < -0.4 is 4.74 Å². The van der Waals surface area contributed by atoms with Crippen molar-refractivity contribution in [1.29, 1.82) is 5.26 Å². The molecule has 0 spiro atoms. The summed E-state index contributed by atoms with van der Waals surface area (Å²) in [6.45, 7) is 5.77. The Balaban J connectivity index is 1.66. The maximum atomic E-state index is 9.15. The van der Waals surface area contributed by atoms with Crippen molar-refractivity contribution < 1.29 is 4.74 Å². The number of benzene rings is 1. The molecule has 3 rings (SSSR count). The Kier molecular flexibility index (Phi) is 3.64. The van der Waals surface area contributed by atoms with E-state index >= 15 is 0 Å². The molecule has 2 saturated heterocycles. The second-order valence-electron chi connectivity index (χ2n) is 6.08. The van der Waals surface area contributed by atoms with E-state index < -0.39 is 0 Å². The highest BCUT2D eigenvalue weighted by Crippen LogP contribution is 2.31. The van der Waals surface area contributed by atoms with Crippen LogP contribution in [0.15, 0.2) is 18.2 Å². The van der Waals surface area contributed by atoms with Crippen LogP contribution in [-0.2, 0) is 6.54 Å². The number of nitriles is 1. The van der Waals surface area contributed by atoms with Crippen molar-refractivity contribution in [2.45, 2.75) is 6.54 Å². The Morgan fingerprint density at radius 1 is 1.25 bits per heavy atom. The largest absolute Gasteiger partial charge is 0.495 e. The van der Waals surface area contributed by atoms with Gasteiger partial charge in [0.15, 0.2) is 0 Å². The predicted octanol–water partition coefficient (Wildman–Crippen LogP) is 1.56. The quantitative estimate of drug-likeness (QED) is 0.836. The molecule has 1 aromatic carbocycles. The maximum absolute atomic E-state index is 9.15. The summed E-state index contributed by atoms with van der Waals surface area (Å²) in [4.78, 5) is 4.96. The van der Waals surface area contributed by atoms with Crippen molar-refractivity contribution in [3.8, 4) is 11.8 Å². The maximum Gasteiger partial charge on any atom is 0.136 e. The molecule has 0 radical (unpaired) electrons. The number of rotatable bonds is 3. The van der Waals surface area contributed by atoms with Gasteiger partial charge in [-0.1, -0.05) is 6.07 Å². The number of methoxy groups -OCH3 is 1. The van der Waals surface area contributed by atoms with Gasteiger partial charge >= 0.3 is 0 Å². The van der Waals surface area contributed by atoms with Gasteiger partial charge in [0.1, 0.15) is 11.8 Å². The van der Waals surface area contributed by atoms with Crippen molar-refractivity contribution >= 4 is 0 Å². The predicted molar refractivity (Wildman–Crippen MR) is 77.5 cm³/mol. The molecule has 0 aromatic heterocycles. The molecule has 1 aromatic rings. The summed E-state index contributed by atoms with van der Waals surface area (Å²) in [7, 11) is 3.82. The third-order valence-electron chi connectivity index (χ3n) is 4.53. The minimum absolute atomic E-state index is 0.629. The van der Waals surface area contributed by atoms with Gasteiger partial charge in [0.05, 0.1) is 12.7 Å². The van der Waals surface area contributed by atoms with Crippen LogP contribution in [0, 0.1) is 23.2 Å². The molecule has 0 unspecified atom stereocenters. The zero-order chi connectivity index (χ0) is 14.1. The molecule has 4 nitrogen and oxygen atoms in total. The van der Waals surface area contributed by atoms with Gasteiger partial charge in [0, 0.05) is 32.7 Å². The molecular weight excluding hydrogens is 250 g/mol. The van der Waals surface area contributed by atoms with Crippen molar-refractivity contribution in [1.82, 2.24) is 9.80 Å². The summed E-state index contributed by atoms with van der Waals surface area (Å²) in [5.74, 6) is 2.32. The first kappa shape index (κ1) is 13.4. The second kappa shape index (κ2) is 5.43. The van der Waals surface area contributed by atoms with Crippen molar-refractivity contribution in [2.75, 3.05) is 40.3 Å². The smallest absolute Gasteiger partial charge is 0.136 e.